The fourth-order valence-electron chi connectivity index (χ4n) is 4.77. The van der Waals surface area contributed by atoms with Gasteiger partial charge in [-0.1, -0.05) is 12.1 Å². The summed E-state index contributed by atoms with van der Waals surface area (Å²) < 4.78 is 11.9. The number of ether oxygens (including phenoxy) is 2. The third-order valence-corrected chi connectivity index (χ3v) is 7.56. The Bertz CT molecular complexity index is 1280. The molecule has 0 spiro atoms. The number of carbonyl (C=O) groups excluding carboxylic acids is 1. The molecular weight excluding hydrogens is 430 g/mol. The lowest BCUT2D eigenvalue weighted by Gasteiger charge is -2.37. The Morgan fingerprint density at radius 1 is 1.28 bits per heavy atom. The van der Waals surface area contributed by atoms with Gasteiger partial charge in [0.25, 0.3) is 0 Å². The highest BCUT2D eigenvalue weighted by Crippen LogP contribution is 2.50. The van der Waals surface area contributed by atoms with Gasteiger partial charge in [-0.3, -0.25) is 4.79 Å². The third-order valence-electron chi connectivity index (χ3n) is 6.32. The van der Waals surface area contributed by atoms with Gasteiger partial charge in [-0.2, -0.15) is 0 Å². The summed E-state index contributed by atoms with van der Waals surface area (Å²) in [4.78, 5) is 25.5. The van der Waals surface area contributed by atoms with Crippen molar-refractivity contribution >= 4 is 38.9 Å². The number of ketones is 1. The summed E-state index contributed by atoms with van der Waals surface area (Å²) in [6.45, 7) is 3.08. The Hall–Kier alpha value is -2.98. The molecule has 1 aromatic heterocycles. The predicted octanol–water partition coefficient (Wildman–Crippen LogP) is 2.44. The minimum absolute atomic E-state index is 0.00338. The first kappa shape index (κ1) is 20.9. The summed E-state index contributed by atoms with van der Waals surface area (Å²) in [6.07, 6.45) is 0.821. The van der Waals surface area contributed by atoms with Crippen molar-refractivity contribution in [2.45, 2.75) is 31.0 Å². The minimum Gasteiger partial charge on any atom is -0.488 e. The van der Waals surface area contributed by atoms with E-state index in [2.05, 4.69) is 0 Å². The third kappa shape index (κ3) is 2.86. The second kappa shape index (κ2) is 7.28. The van der Waals surface area contributed by atoms with Crippen LogP contribution in [0.4, 0.5) is 5.69 Å². The summed E-state index contributed by atoms with van der Waals surface area (Å²) in [5.41, 5.74) is 20.3. The molecule has 32 heavy (non-hydrogen) atoms. The van der Waals surface area contributed by atoms with Crippen LogP contribution in [0.25, 0.3) is 10.1 Å². The van der Waals surface area contributed by atoms with Gasteiger partial charge in [0.05, 0.1) is 24.0 Å². The fraction of sp³-hybridized carbons (Fsp3) is 0.304. The number of thiophene rings is 1. The van der Waals surface area contributed by atoms with E-state index in [4.69, 9.17) is 26.7 Å². The highest BCUT2D eigenvalue weighted by Gasteiger charge is 2.49. The van der Waals surface area contributed by atoms with Gasteiger partial charge in [-0.05, 0) is 41.8 Å². The maximum atomic E-state index is 13.6. The average Bonchev–Trinajstić information content (AvgIpc) is 3.40. The van der Waals surface area contributed by atoms with Crippen LogP contribution in [-0.4, -0.2) is 36.2 Å². The van der Waals surface area contributed by atoms with Gasteiger partial charge in [0.1, 0.15) is 22.3 Å². The number of hydrogen-bond donors (Lipinski definition) is 4. The maximum Gasteiger partial charge on any atom is 0.346 e. The zero-order chi connectivity index (χ0) is 22.8. The molecule has 0 radical (unpaired) electrons. The van der Waals surface area contributed by atoms with E-state index in [1.807, 2.05) is 13.0 Å². The number of carboxylic acids is 1. The van der Waals surface area contributed by atoms with Gasteiger partial charge in [-0.25, -0.2) is 4.79 Å². The smallest absolute Gasteiger partial charge is 0.346 e. The number of anilines is 1. The highest BCUT2D eigenvalue weighted by atomic mass is 32.1. The average molecular weight is 454 g/mol. The number of hydrogen-bond acceptors (Lipinski definition) is 8. The van der Waals surface area contributed by atoms with Crippen LogP contribution in [0.5, 0.6) is 5.75 Å². The Balaban J connectivity index is 1.69. The van der Waals surface area contributed by atoms with Crippen molar-refractivity contribution in [3.63, 3.8) is 0 Å². The number of aromatic carboxylic acids is 1. The lowest BCUT2D eigenvalue weighted by atomic mass is 9.69. The molecule has 2 aliphatic rings. The van der Waals surface area contributed by atoms with E-state index >= 15 is 0 Å². The van der Waals surface area contributed by atoms with Gasteiger partial charge in [0.15, 0.2) is 5.78 Å². The number of aryl methyl sites for hydroxylation is 1. The molecule has 0 saturated carbocycles. The molecule has 1 saturated heterocycles. The zero-order valence-corrected chi connectivity index (χ0v) is 18.2. The van der Waals surface area contributed by atoms with Crippen LogP contribution in [0.2, 0.25) is 0 Å². The van der Waals surface area contributed by atoms with Gasteiger partial charge in [0, 0.05) is 23.1 Å². The zero-order valence-electron chi connectivity index (χ0n) is 17.4. The number of nitrogens with two attached hydrogens (primary N) is 3. The van der Waals surface area contributed by atoms with E-state index in [0.717, 1.165) is 23.3 Å². The molecule has 5 rings (SSSR count). The molecule has 8 nitrogen and oxygen atoms in total. The van der Waals surface area contributed by atoms with Crippen molar-refractivity contribution < 1.29 is 24.2 Å². The van der Waals surface area contributed by atoms with E-state index in [-0.39, 0.29) is 16.5 Å². The number of benzene rings is 2. The van der Waals surface area contributed by atoms with Gasteiger partial charge in [0.2, 0.25) is 0 Å². The second-order valence-corrected chi connectivity index (χ2v) is 9.31. The SMILES string of the molecule is Cc1cc(OC2CCOC2)ccc1C1(N)C(=O)C(N)c2c(C(=O)O)sc3c(N)ccc1c23. The molecule has 7 N–H and O–H groups in total. The van der Waals surface area contributed by atoms with Gasteiger partial charge >= 0.3 is 5.97 Å². The van der Waals surface area contributed by atoms with Crippen molar-refractivity contribution in [3.05, 3.63) is 57.5 Å². The predicted molar refractivity (Wildman–Crippen MR) is 121 cm³/mol. The van der Waals surface area contributed by atoms with E-state index < -0.39 is 23.3 Å². The molecule has 1 fully saturated rings. The molecule has 166 valence electrons. The molecule has 2 heterocycles. The topological polar surface area (TPSA) is 151 Å². The molecule has 3 atom stereocenters. The van der Waals surface area contributed by atoms with Crippen LogP contribution in [-0.2, 0) is 15.1 Å². The first-order valence-electron chi connectivity index (χ1n) is 10.3. The van der Waals surface area contributed by atoms with Gasteiger partial charge in [-0.15, -0.1) is 11.3 Å². The lowest BCUT2D eigenvalue weighted by molar-refractivity contribution is -0.124. The standard InChI is InChI=1S/C23H23N3O5S/c1-10-8-11(31-12-6-7-30-9-12)2-3-13(10)23(26)14-4-5-15(24)19-16(14)17(18(25)21(23)27)20(32-19)22(28)29/h2-5,8,12,18H,6-7,9,24-26H2,1H3,(H,28,29). The Labute approximate surface area is 187 Å². The molecule has 0 bridgehead atoms. The summed E-state index contributed by atoms with van der Waals surface area (Å²) >= 11 is 1.02. The number of nitrogen functional groups attached to an aromatic ring is 1. The van der Waals surface area contributed by atoms with E-state index in [0.29, 0.717) is 45.9 Å². The van der Waals surface area contributed by atoms with Crippen LogP contribution < -0.4 is 21.9 Å². The van der Waals surface area contributed by atoms with Crippen LogP contribution in [0.3, 0.4) is 0 Å². The van der Waals surface area contributed by atoms with Crippen molar-refractivity contribution in [3.8, 4) is 5.75 Å². The molecule has 1 aliphatic carbocycles. The molecular formula is C23H23N3O5S. The Morgan fingerprint density at radius 3 is 2.69 bits per heavy atom. The van der Waals surface area contributed by atoms with Crippen LogP contribution in [0.15, 0.2) is 30.3 Å². The first-order valence-corrected chi connectivity index (χ1v) is 11.1. The van der Waals surface area contributed by atoms with E-state index in [9.17, 15) is 14.7 Å². The fourth-order valence-corrected chi connectivity index (χ4v) is 5.91. The Kier molecular flexibility index (Phi) is 4.75. The molecule has 3 aromatic rings. The number of carbonyl (C=O) groups is 2. The molecule has 1 aliphatic heterocycles. The van der Waals surface area contributed by atoms with E-state index in [1.165, 1.54) is 0 Å². The normalized spacial score (nSPS) is 24.8. The van der Waals surface area contributed by atoms with Crippen LogP contribution in [0, 0.1) is 6.92 Å². The quantitative estimate of drug-likeness (QED) is 0.440. The molecule has 9 heteroatoms. The first-order chi connectivity index (χ1) is 15.2. The molecule has 3 unspecified atom stereocenters. The molecule has 2 aromatic carbocycles. The van der Waals surface area contributed by atoms with Crippen LogP contribution >= 0.6 is 11.3 Å². The van der Waals surface area contributed by atoms with Crippen molar-refractivity contribution in [1.82, 2.24) is 0 Å². The summed E-state index contributed by atoms with van der Waals surface area (Å²) in [5.74, 6) is -0.935. The van der Waals surface area contributed by atoms with Gasteiger partial charge < -0.3 is 31.8 Å². The maximum absolute atomic E-state index is 13.6. The lowest BCUT2D eigenvalue weighted by Crippen LogP contribution is -2.52. The van der Waals surface area contributed by atoms with Crippen molar-refractivity contribution in [2.75, 3.05) is 18.9 Å². The summed E-state index contributed by atoms with van der Waals surface area (Å²) in [5, 5.41) is 10.3. The van der Waals surface area contributed by atoms with Crippen molar-refractivity contribution in [1.29, 1.82) is 0 Å². The second-order valence-electron chi connectivity index (χ2n) is 8.29. The summed E-state index contributed by atoms with van der Waals surface area (Å²) in [7, 11) is 0. The number of rotatable bonds is 4. The highest BCUT2D eigenvalue weighted by molar-refractivity contribution is 7.21. The van der Waals surface area contributed by atoms with E-state index in [1.54, 1.807) is 24.3 Å². The Morgan fingerprint density at radius 2 is 2.03 bits per heavy atom. The van der Waals surface area contributed by atoms with Crippen LogP contribution in [0.1, 0.15) is 44.4 Å². The monoisotopic (exact) mass is 453 g/mol. The number of carboxylic acid groups (broad SMARTS) is 1. The summed E-state index contributed by atoms with van der Waals surface area (Å²) in [6, 6.07) is 7.59. The number of Topliss-reactive ketones (excluding diaryl/α,β-unsaturated/α-hetero) is 1. The minimum atomic E-state index is -1.55. The molecule has 0 amide bonds. The van der Waals surface area contributed by atoms with Crippen molar-refractivity contribution in [2.24, 2.45) is 11.5 Å². The largest absolute Gasteiger partial charge is 0.488 e.